The van der Waals surface area contributed by atoms with E-state index >= 15 is 0 Å². The van der Waals surface area contributed by atoms with Crippen LogP contribution >= 0.6 is 35.3 Å². The Balaban J connectivity index is 0.000000810. The van der Waals surface area contributed by atoms with Gasteiger partial charge in [-0.3, -0.25) is 3.53 Å². The van der Waals surface area contributed by atoms with Gasteiger partial charge in [-0.2, -0.15) is 0 Å². The van der Waals surface area contributed by atoms with E-state index in [1.807, 2.05) is 18.2 Å². The predicted octanol–water partition coefficient (Wildman–Crippen LogP) is 2.55. The second-order valence-electron chi connectivity index (χ2n) is 1.80. The molecule has 0 fully saturated rings. The predicted molar refractivity (Wildman–Crippen MR) is 54.5 cm³/mol. The maximum atomic E-state index is 3.05. The highest BCUT2D eigenvalue weighted by atomic mass is 127. The van der Waals surface area contributed by atoms with Crippen molar-refractivity contribution in [2.45, 2.75) is 6.54 Å². The molecule has 1 nitrogen and oxygen atoms in total. The largest absolute Gasteiger partial charge is 0.257 e. The molecule has 1 aromatic carbocycles. The smallest absolute Gasteiger partial charge is 0.0301 e. The summed E-state index contributed by atoms with van der Waals surface area (Å²) in [5, 5.41) is 0. The molecule has 0 aliphatic rings. The van der Waals surface area contributed by atoms with Crippen molar-refractivity contribution in [2.24, 2.45) is 0 Å². The van der Waals surface area contributed by atoms with E-state index in [-0.39, 0.29) is 12.4 Å². The van der Waals surface area contributed by atoms with Crippen LogP contribution in [0.5, 0.6) is 0 Å². The number of nitrogens with one attached hydrogen (secondary N) is 1. The summed E-state index contributed by atoms with van der Waals surface area (Å²) < 4.78 is 3.05. The van der Waals surface area contributed by atoms with Gasteiger partial charge in [0.15, 0.2) is 0 Å². The first-order valence-corrected chi connectivity index (χ1v) is 3.89. The normalized spacial score (nSPS) is 8.50. The van der Waals surface area contributed by atoms with Crippen molar-refractivity contribution in [3.8, 4) is 0 Å². The molecule has 1 N–H and O–H groups in total. The molecule has 0 radical (unpaired) electrons. The van der Waals surface area contributed by atoms with E-state index in [1.165, 1.54) is 5.56 Å². The molecule has 0 atom stereocenters. The molecule has 0 aromatic heterocycles. The first-order chi connectivity index (χ1) is 4.43. The van der Waals surface area contributed by atoms with Crippen molar-refractivity contribution in [3.05, 3.63) is 35.9 Å². The molecule has 0 saturated heterocycles. The van der Waals surface area contributed by atoms with Crippen LogP contribution in [0.2, 0.25) is 0 Å². The van der Waals surface area contributed by atoms with Gasteiger partial charge < -0.3 is 0 Å². The van der Waals surface area contributed by atoms with Crippen molar-refractivity contribution < 1.29 is 0 Å². The first kappa shape index (κ1) is 10.2. The molecule has 0 saturated carbocycles. The number of rotatable bonds is 2. The van der Waals surface area contributed by atoms with Gasteiger partial charge in [-0.15, -0.1) is 12.4 Å². The molecular weight excluding hydrogens is 260 g/mol. The quantitative estimate of drug-likeness (QED) is 0.643. The number of benzene rings is 1. The summed E-state index contributed by atoms with van der Waals surface area (Å²) in [5.41, 5.74) is 1.33. The minimum atomic E-state index is 0. The van der Waals surface area contributed by atoms with Gasteiger partial charge in [0.25, 0.3) is 0 Å². The zero-order valence-electron chi connectivity index (χ0n) is 5.38. The molecule has 0 heterocycles. The van der Waals surface area contributed by atoms with Crippen LogP contribution in [0.1, 0.15) is 5.56 Å². The third-order valence-electron chi connectivity index (χ3n) is 1.11. The van der Waals surface area contributed by atoms with Crippen molar-refractivity contribution in [3.63, 3.8) is 0 Å². The fourth-order valence-electron chi connectivity index (χ4n) is 0.673. The van der Waals surface area contributed by atoms with E-state index in [1.54, 1.807) is 0 Å². The van der Waals surface area contributed by atoms with Crippen molar-refractivity contribution in [1.29, 1.82) is 0 Å². The highest BCUT2D eigenvalue weighted by molar-refractivity contribution is 14.1. The van der Waals surface area contributed by atoms with Crippen molar-refractivity contribution >= 4 is 35.3 Å². The van der Waals surface area contributed by atoms with Gasteiger partial charge in [0, 0.05) is 29.4 Å². The fourth-order valence-corrected chi connectivity index (χ4v) is 1.11. The molecule has 0 amide bonds. The Morgan fingerprint density at radius 1 is 1.20 bits per heavy atom. The maximum absolute atomic E-state index is 3.05. The second-order valence-corrected chi connectivity index (χ2v) is 2.56. The van der Waals surface area contributed by atoms with Crippen LogP contribution in [0.25, 0.3) is 0 Å². The molecule has 56 valence electrons. The summed E-state index contributed by atoms with van der Waals surface area (Å²) in [6.45, 7) is 0.946. The Morgan fingerprint density at radius 3 is 2.30 bits per heavy atom. The molecule has 1 aromatic rings. The lowest BCUT2D eigenvalue weighted by molar-refractivity contribution is 1.01. The van der Waals surface area contributed by atoms with Crippen LogP contribution in [-0.2, 0) is 6.54 Å². The second kappa shape index (κ2) is 5.95. The SMILES string of the molecule is Cl.INCc1ccccc1. The topological polar surface area (TPSA) is 12.0 Å². The number of halogens is 2. The van der Waals surface area contributed by atoms with Gasteiger partial charge in [-0.05, 0) is 5.56 Å². The van der Waals surface area contributed by atoms with E-state index in [9.17, 15) is 0 Å². The molecule has 0 aliphatic heterocycles. The summed E-state index contributed by atoms with van der Waals surface area (Å²) in [6.07, 6.45) is 0. The van der Waals surface area contributed by atoms with E-state index in [4.69, 9.17) is 0 Å². The minimum absolute atomic E-state index is 0. The highest BCUT2D eigenvalue weighted by Gasteiger charge is 1.84. The van der Waals surface area contributed by atoms with E-state index in [2.05, 4.69) is 38.5 Å². The first-order valence-electron chi connectivity index (χ1n) is 2.81. The lowest BCUT2D eigenvalue weighted by Gasteiger charge is -1.94. The Kier molecular flexibility index (Phi) is 6.06. The lowest BCUT2D eigenvalue weighted by atomic mass is 10.2. The Morgan fingerprint density at radius 2 is 1.80 bits per heavy atom. The molecule has 0 unspecified atom stereocenters. The van der Waals surface area contributed by atoms with Crippen LogP contribution < -0.4 is 3.53 Å². The van der Waals surface area contributed by atoms with Gasteiger partial charge in [0.2, 0.25) is 0 Å². The average Bonchev–Trinajstić information content (AvgIpc) is 1.91. The Labute approximate surface area is 81.1 Å². The van der Waals surface area contributed by atoms with Gasteiger partial charge in [0.1, 0.15) is 0 Å². The minimum Gasteiger partial charge on any atom is -0.257 e. The zero-order valence-corrected chi connectivity index (χ0v) is 8.35. The van der Waals surface area contributed by atoms with Crippen LogP contribution in [0.15, 0.2) is 30.3 Å². The number of hydrogen-bond acceptors (Lipinski definition) is 1. The van der Waals surface area contributed by atoms with Gasteiger partial charge in [0.05, 0.1) is 0 Å². The standard InChI is InChI=1S/C7H8IN.ClH/c8-9-6-7-4-2-1-3-5-7;/h1-5,9H,6H2;1H. The van der Waals surface area contributed by atoms with E-state index < -0.39 is 0 Å². The van der Waals surface area contributed by atoms with Crippen LogP contribution in [0.3, 0.4) is 0 Å². The molecule has 3 heteroatoms. The molecule has 0 bridgehead atoms. The van der Waals surface area contributed by atoms with Crippen molar-refractivity contribution in [2.75, 3.05) is 0 Å². The van der Waals surface area contributed by atoms with Gasteiger partial charge >= 0.3 is 0 Å². The molecule has 0 aliphatic carbocycles. The third-order valence-corrected chi connectivity index (χ3v) is 1.50. The fraction of sp³-hybridized carbons (Fsp3) is 0.143. The summed E-state index contributed by atoms with van der Waals surface area (Å²) in [5.74, 6) is 0. The average molecular weight is 270 g/mol. The highest BCUT2D eigenvalue weighted by Crippen LogP contribution is 1.97. The van der Waals surface area contributed by atoms with Crippen molar-refractivity contribution in [1.82, 2.24) is 3.53 Å². The molecule has 0 spiro atoms. The van der Waals surface area contributed by atoms with Gasteiger partial charge in [-0.25, -0.2) is 0 Å². The summed E-state index contributed by atoms with van der Waals surface area (Å²) in [7, 11) is 0. The van der Waals surface area contributed by atoms with Crippen LogP contribution in [0.4, 0.5) is 0 Å². The summed E-state index contributed by atoms with van der Waals surface area (Å²) in [6, 6.07) is 10.3. The molecule has 1 rings (SSSR count). The monoisotopic (exact) mass is 269 g/mol. The third kappa shape index (κ3) is 3.39. The van der Waals surface area contributed by atoms with Crippen LogP contribution in [0, 0.1) is 0 Å². The van der Waals surface area contributed by atoms with E-state index in [0.717, 1.165) is 6.54 Å². The van der Waals surface area contributed by atoms with Gasteiger partial charge in [-0.1, -0.05) is 30.3 Å². The van der Waals surface area contributed by atoms with Crippen LogP contribution in [-0.4, -0.2) is 0 Å². The summed E-state index contributed by atoms with van der Waals surface area (Å²) in [4.78, 5) is 0. The Hall–Kier alpha value is 0.200. The van der Waals surface area contributed by atoms with E-state index in [0.29, 0.717) is 0 Å². The molecule has 10 heavy (non-hydrogen) atoms. The zero-order chi connectivity index (χ0) is 6.53. The molecular formula is C7H9ClIN. The summed E-state index contributed by atoms with van der Waals surface area (Å²) >= 11 is 2.14. The maximum Gasteiger partial charge on any atom is 0.0301 e. The number of hydrogen-bond donors (Lipinski definition) is 1. The Bertz CT molecular complexity index is 167. The lowest BCUT2D eigenvalue weighted by Crippen LogP contribution is -1.95.